The van der Waals surface area contributed by atoms with Crippen molar-refractivity contribution in [2.75, 3.05) is 0 Å². The highest BCUT2D eigenvalue weighted by atomic mass is 16.7. The van der Waals surface area contributed by atoms with E-state index >= 15 is 0 Å². The quantitative estimate of drug-likeness (QED) is 0.217. The van der Waals surface area contributed by atoms with Gasteiger partial charge in [0.15, 0.2) is 5.76 Å². The lowest BCUT2D eigenvalue weighted by atomic mass is 9.90. The average molecular weight is 558 g/mol. The summed E-state index contributed by atoms with van der Waals surface area (Å²) in [4.78, 5) is 21.2. The highest BCUT2D eigenvalue weighted by Crippen LogP contribution is 2.40. The third kappa shape index (κ3) is 5.32. The third-order valence-electron chi connectivity index (χ3n) is 8.02. The SMILES string of the molecule is O=C(NCc1nc2ccccc2[nH]1)C1=C[C@@H](c2ccc3c(c2)Cc2ccccc2-3)C[C@@H](OCc2ccc(CO)cc2)O1. The monoisotopic (exact) mass is 557 g/mol. The number of rotatable bonds is 8. The van der Waals surface area contributed by atoms with Crippen LogP contribution in [0.5, 0.6) is 0 Å². The van der Waals surface area contributed by atoms with Crippen molar-refractivity contribution >= 4 is 16.9 Å². The van der Waals surface area contributed by atoms with Crippen LogP contribution in [0, 0.1) is 0 Å². The average Bonchev–Trinajstić information content (AvgIpc) is 3.63. The number of amides is 1. The first kappa shape index (κ1) is 26.2. The zero-order chi connectivity index (χ0) is 28.5. The fourth-order valence-electron chi connectivity index (χ4n) is 5.82. The van der Waals surface area contributed by atoms with Crippen molar-refractivity contribution in [3.63, 3.8) is 0 Å². The van der Waals surface area contributed by atoms with Crippen molar-refractivity contribution < 1.29 is 19.4 Å². The predicted octanol–water partition coefficient (Wildman–Crippen LogP) is 5.87. The van der Waals surface area contributed by atoms with Crippen LogP contribution in [-0.4, -0.2) is 27.3 Å². The third-order valence-corrected chi connectivity index (χ3v) is 8.02. The van der Waals surface area contributed by atoms with E-state index in [9.17, 15) is 9.90 Å². The highest BCUT2D eigenvalue weighted by Gasteiger charge is 2.30. The van der Waals surface area contributed by atoms with E-state index in [1.54, 1.807) is 0 Å². The molecule has 3 N–H and O–H groups in total. The molecule has 210 valence electrons. The van der Waals surface area contributed by atoms with Gasteiger partial charge in [-0.1, -0.05) is 78.9 Å². The van der Waals surface area contributed by atoms with E-state index in [-0.39, 0.29) is 30.7 Å². The van der Waals surface area contributed by atoms with Crippen LogP contribution in [0.1, 0.15) is 46.0 Å². The van der Waals surface area contributed by atoms with E-state index in [0.717, 1.165) is 34.1 Å². The van der Waals surface area contributed by atoms with Crippen molar-refractivity contribution in [3.05, 3.63) is 136 Å². The summed E-state index contributed by atoms with van der Waals surface area (Å²) in [5.41, 5.74) is 9.92. The van der Waals surface area contributed by atoms with Gasteiger partial charge in [-0.15, -0.1) is 0 Å². The van der Waals surface area contributed by atoms with E-state index in [1.165, 1.54) is 22.3 Å². The maximum Gasteiger partial charge on any atom is 0.286 e. The number of aromatic nitrogens is 2. The molecule has 1 amide bonds. The summed E-state index contributed by atoms with van der Waals surface area (Å²) in [6, 6.07) is 30.5. The molecule has 42 heavy (non-hydrogen) atoms. The van der Waals surface area contributed by atoms with Gasteiger partial charge in [0.25, 0.3) is 5.91 Å². The summed E-state index contributed by atoms with van der Waals surface area (Å²) in [6.07, 6.45) is 2.80. The fourth-order valence-corrected chi connectivity index (χ4v) is 5.82. The van der Waals surface area contributed by atoms with Crippen molar-refractivity contribution in [2.45, 2.75) is 44.8 Å². The first-order chi connectivity index (χ1) is 20.6. The molecule has 1 aromatic heterocycles. The number of aromatic amines is 1. The number of imidazole rings is 1. The molecule has 5 aromatic rings. The van der Waals surface area contributed by atoms with Gasteiger partial charge >= 0.3 is 0 Å². The number of carbonyl (C=O) groups excluding carboxylic acids is 1. The Hall–Kier alpha value is -4.72. The van der Waals surface area contributed by atoms with Crippen LogP contribution in [-0.2, 0) is 40.4 Å². The Kier molecular flexibility index (Phi) is 7.03. The zero-order valence-corrected chi connectivity index (χ0v) is 23.0. The number of ether oxygens (including phenoxy) is 2. The van der Waals surface area contributed by atoms with E-state index in [4.69, 9.17) is 9.47 Å². The fraction of sp³-hybridized carbons (Fsp3) is 0.200. The summed E-state index contributed by atoms with van der Waals surface area (Å²) in [5, 5.41) is 12.3. The number of nitrogens with one attached hydrogen (secondary N) is 2. The van der Waals surface area contributed by atoms with Crippen LogP contribution < -0.4 is 5.32 Å². The van der Waals surface area contributed by atoms with E-state index in [0.29, 0.717) is 18.9 Å². The van der Waals surface area contributed by atoms with Crippen LogP contribution in [0.3, 0.4) is 0 Å². The predicted molar refractivity (Wildman–Crippen MR) is 160 cm³/mol. The molecule has 0 radical (unpaired) electrons. The number of fused-ring (bicyclic) bond motifs is 4. The molecule has 1 aliphatic heterocycles. The second-order valence-electron chi connectivity index (χ2n) is 10.8. The Balaban J connectivity index is 1.11. The van der Waals surface area contributed by atoms with Crippen molar-refractivity contribution in [2.24, 2.45) is 0 Å². The second kappa shape index (κ2) is 11.3. The number of hydrogen-bond acceptors (Lipinski definition) is 5. The summed E-state index contributed by atoms with van der Waals surface area (Å²) >= 11 is 0. The molecule has 7 nitrogen and oxygen atoms in total. The highest BCUT2D eigenvalue weighted by molar-refractivity contribution is 5.91. The van der Waals surface area contributed by atoms with Gasteiger partial charge < -0.3 is 24.9 Å². The Morgan fingerprint density at radius 2 is 1.74 bits per heavy atom. The topological polar surface area (TPSA) is 96.5 Å². The normalized spacial score (nSPS) is 17.3. The lowest BCUT2D eigenvalue weighted by Crippen LogP contribution is -2.32. The molecule has 2 atom stereocenters. The van der Waals surface area contributed by atoms with Crippen LogP contribution in [0.4, 0.5) is 0 Å². The summed E-state index contributed by atoms with van der Waals surface area (Å²) in [7, 11) is 0. The molecule has 0 spiro atoms. The van der Waals surface area contributed by atoms with Crippen LogP contribution >= 0.6 is 0 Å². The number of H-pyrrole nitrogens is 1. The Morgan fingerprint density at radius 3 is 2.60 bits per heavy atom. The van der Waals surface area contributed by atoms with Gasteiger partial charge in [0.2, 0.25) is 6.29 Å². The largest absolute Gasteiger partial charge is 0.459 e. The molecule has 4 aromatic carbocycles. The van der Waals surface area contributed by atoms with Gasteiger partial charge in [-0.3, -0.25) is 4.79 Å². The number of nitrogens with zero attached hydrogens (tertiary/aromatic N) is 1. The first-order valence-electron chi connectivity index (χ1n) is 14.2. The molecule has 2 aliphatic rings. The molecule has 7 heteroatoms. The maximum atomic E-state index is 13.4. The number of hydrogen-bond donors (Lipinski definition) is 3. The maximum absolute atomic E-state index is 13.4. The Morgan fingerprint density at radius 1 is 0.952 bits per heavy atom. The minimum absolute atomic E-state index is 0.00227. The Labute approximate surface area is 243 Å². The molecule has 1 aliphatic carbocycles. The van der Waals surface area contributed by atoms with Crippen molar-refractivity contribution in [3.8, 4) is 11.1 Å². The molecule has 7 rings (SSSR count). The lowest BCUT2D eigenvalue weighted by Gasteiger charge is -2.29. The van der Waals surface area contributed by atoms with Gasteiger partial charge in [0.05, 0.1) is 30.8 Å². The molecular formula is C35H31N3O4. The van der Waals surface area contributed by atoms with Crippen LogP contribution in [0.2, 0.25) is 0 Å². The molecular weight excluding hydrogens is 526 g/mol. The molecule has 2 heterocycles. The first-order valence-corrected chi connectivity index (χ1v) is 14.2. The molecule has 0 saturated heterocycles. The van der Waals surface area contributed by atoms with Gasteiger partial charge in [-0.2, -0.15) is 0 Å². The van der Waals surface area contributed by atoms with E-state index < -0.39 is 6.29 Å². The van der Waals surface area contributed by atoms with E-state index in [2.05, 4.69) is 57.7 Å². The number of benzene rings is 4. The smallest absolute Gasteiger partial charge is 0.286 e. The Bertz CT molecular complexity index is 1760. The molecule has 0 saturated carbocycles. The zero-order valence-electron chi connectivity index (χ0n) is 23.0. The number of aliphatic hydroxyl groups is 1. The summed E-state index contributed by atoms with van der Waals surface area (Å²) < 4.78 is 12.3. The number of allylic oxidation sites excluding steroid dienone is 1. The minimum atomic E-state index is -0.602. The molecule has 0 bridgehead atoms. The molecule has 0 fully saturated rings. The number of carbonyl (C=O) groups is 1. The van der Waals surface area contributed by atoms with Gasteiger partial charge in [0, 0.05) is 12.3 Å². The van der Waals surface area contributed by atoms with E-state index in [1.807, 2.05) is 54.6 Å². The van der Waals surface area contributed by atoms with Gasteiger partial charge in [-0.25, -0.2) is 4.98 Å². The summed E-state index contributed by atoms with van der Waals surface area (Å²) in [6.45, 7) is 0.576. The molecule has 0 unspecified atom stereocenters. The van der Waals surface area contributed by atoms with Gasteiger partial charge in [0.1, 0.15) is 5.82 Å². The number of para-hydroxylation sites is 2. The van der Waals surface area contributed by atoms with Crippen LogP contribution in [0.15, 0.2) is 103 Å². The summed E-state index contributed by atoms with van der Waals surface area (Å²) in [5.74, 6) is 0.553. The van der Waals surface area contributed by atoms with Gasteiger partial charge in [-0.05, 0) is 63.6 Å². The standard InChI is InChI=1S/C35H31N3O4/c39-20-22-9-11-23(12-10-22)21-41-34-18-26(24-13-14-29-27(15-24)16-25-5-1-2-6-28(25)29)17-32(42-34)35(40)36-19-33-37-30-7-3-4-8-31(30)38-33/h1-15,17,26,34,39H,16,18-21H2,(H,36,40)(H,37,38)/t26-,34+/m1/s1. The van der Waals surface area contributed by atoms with Crippen molar-refractivity contribution in [1.29, 1.82) is 0 Å². The second-order valence-corrected chi connectivity index (χ2v) is 10.8. The van der Waals surface area contributed by atoms with Crippen LogP contribution in [0.25, 0.3) is 22.2 Å². The lowest BCUT2D eigenvalue weighted by molar-refractivity contribution is -0.150. The van der Waals surface area contributed by atoms with Crippen molar-refractivity contribution in [1.82, 2.24) is 15.3 Å². The minimum Gasteiger partial charge on any atom is -0.459 e. The number of aliphatic hydroxyl groups excluding tert-OH is 1.